The summed E-state index contributed by atoms with van der Waals surface area (Å²) in [7, 11) is 0. The molecule has 0 unspecified atom stereocenters. The molecule has 6 aromatic rings. The van der Waals surface area contributed by atoms with Gasteiger partial charge in [0.15, 0.2) is 0 Å². The van der Waals surface area contributed by atoms with Crippen molar-refractivity contribution in [2.75, 3.05) is 0 Å². The molecule has 1 heteroatoms. The highest BCUT2D eigenvalue weighted by Crippen LogP contribution is 2.47. The van der Waals surface area contributed by atoms with E-state index in [0.29, 0.717) is 0 Å². The largest absolute Gasteiger partial charge is 0.135 e. The van der Waals surface area contributed by atoms with Gasteiger partial charge in [-0.25, -0.2) is 0 Å². The minimum absolute atomic E-state index is 1.24. The van der Waals surface area contributed by atoms with Gasteiger partial charge >= 0.3 is 0 Å². The predicted molar refractivity (Wildman–Crippen MR) is 136 cm³/mol. The Morgan fingerprint density at radius 2 is 0.968 bits per heavy atom. The van der Waals surface area contributed by atoms with Crippen molar-refractivity contribution in [3.8, 4) is 33.4 Å². The molecular weight excluding hydrogens is 392 g/mol. The molecule has 6 rings (SSSR count). The van der Waals surface area contributed by atoms with E-state index in [1.165, 1.54) is 53.6 Å². The van der Waals surface area contributed by atoms with Crippen LogP contribution in [0.2, 0.25) is 0 Å². The molecule has 1 heterocycles. The Hall–Kier alpha value is -3.68. The molecule has 0 bridgehead atoms. The van der Waals surface area contributed by atoms with Gasteiger partial charge in [-0.3, -0.25) is 0 Å². The summed E-state index contributed by atoms with van der Waals surface area (Å²) in [5, 5.41) is 2.68. The van der Waals surface area contributed by atoms with Gasteiger partial charge in [0.1, 0.15) is 0 Å². The smallest absolute Gasteiger partial charge is 0.0362 e. The number of rotatable bonds is 3. The van der Waals surface area contributed by atoms with Gasteiger partial charge < -0.3 is 0 Å². The van der Waals surface area contributed by atoms with Crippen molar-refractivity contribution < 1.29 is 0 Å². The number of hydrogen-bond donors (Lipinski definition) is 0. The van der Waals surface area contributed by atoms with Crippen LogP contribution in [0.5, 0.6) is 0 Å². The number of benzene rings is 5. The monoisotopic (exact) mass is 412 g/mol. The van der Waals surface area contributed by atoms with E-state index < -0.39 is 0 Å². The maximum Gasteiger partial charge on any atom is 0.0362 e. The summed E-state index contributed by atoms with van der Waals surface area (Å²) in [6.45, 7) is 0. The molecule has 0 aliphatic heterocycles. The molecule has 0 saturated carbocycles. The van der Waals surface area contributed by atoms with Gasteiger partial charge in [0.2, 0.25) is 0 Å². The van der Waals surface area contributed by atoms with Gasteiger partial charge in [-0.1, -0.05) is 109 Å². The van der Waals surface area contributed by atoms with Crippen LogP contribution in [0.25, 0.3) is 53.6 Å². The first-order chi connectivity index (χ1) is 15.4. The van der Waals surface area contributed by atoms with Gasteiger partial charge in [-0.2, -0.15) is 0 Å². The lowest BCUT2D eigenvalue weighted by Crippen LogP contribution is -1.90. The minimum atomic E-state index is 1.24. The second-order valence-corrected chi connectivity index (χ2v) is 8.82. The van der Waals surface area contributed by atoms with E-state index in [2.05, 4.69) is 121 Å². The summed E-state index contributed by atoms with van der Waals surface area (Å²) in [4.78, 5) is 0. The summed E-state index contributed by atoms with van der Waals surface area (Å²) in [5.74, 6) is 0. The average molecular weight is 413 g/mol. The maximum absolute atomic E-state index is 2.30. The van der Waals surface area contributed by atoms with Crippen LogP contribution in [0.15, 0.2) is 121 Å². The molecule has 0 aliphatic carbocycles. The molecule has 0 amide bonds. The van der Waals surface area contributed by atoms with E-state index >= 15 is 0 Å². The lowest BCUT2D eigenvalue weighted by molar-refractivity contribution is 1.59. The van der Waals surface area contributed by atoms with E-state index in [9.17, 15) is 0 Å². The van der Waals surface area contributed by atoms with Crippen LogP contribution in [0.4, 0.5) is 0 Å². The lowest BCUT2D eigenvalue weighted by Gasteiger charge is -2.16. The highest BCUT2D eigenvalue weighted by atomic mass is 32.1. The van der Waals surface area contributed by atoms with E-state index in [4.69, 9.17) is 0 Å². The summed E-state index contributed by atoms with van der Waals surface area (Å²) >= 11 is 1.88. The zero-order valence-corrected chi connectivity index (χ0v) is 17.8. The van der Waals surface area contributed by atoms with Crippen molar-refractivity contribution in [2.24, 2.45) is 0 Å². The Bertz CT molecular complexity index is 1510. The minimum Gasteiger partial charge on any atom is -0.135 e. The summed E-state index contributed by atoms with van der Waals surface area (Å²) < 4.78 is 2.67. The topological polar surface area (TPSA) is 0 Å². The SMILES string of the molecule is c1ccc(-c2ccccc2-c2c(-c3ccccc3)ccc3sc4ccccc4c23)cc1. The van der Waals surface area contributed by atoms with Gasteiger partial charge in [0, 0.05) is 20.2 Å². The first kappa shape index (κ1) is 18.1. The van der Waals surface area contributed by atoms with E-state index in [-0.39, 0.29) is 0 Å². The molecule has 0 nitrogen and oxygen atoms in total. The molecular formula is C30H20S. The third-order valence-electron chi connectivity index (χ3n) is 5.91. The van der Waals surface area contributed by atoms with E-state index in [1.54, 1.807) is 0 Å². The van der Waals surface area contributed by atoms with Crippen LogP contribution in [0.1, 0.15) is 0 Å². The zero-order valence-electron chi connectivity index (χ0n) is 17.0. The van der Waals surface area contributed by atoms with Gasteiger partial charge in [-0.05, 0) is 45.5 Å². The predicted octanol–water partition coefficient (Wildman–Crippen LogP) is 9.06. The molecule has 31 heavy (non-hydrogen) atoms. The normalized spacial score (nSPS) is 11.2. The van der Waals surface area contributed by atoms with Gasteiger partial charge in [0.25, 0.3) is 0 Å². The van der Waals surface area contributed by atoms with Crippen LogP contribution in [-0.4, -0.2) is 0 Å². The highest BCUT2D eigenvalue weighted by Gasteiger charge is 2.18. The third kappa shape index (κ3) is 3.06. The number of fused-ring (bicyclic) bond motifs is 3. The van der Waals surface area contributed by atoms with E-state index in [1.807, 2.05) is 11.3 Å². The van der Waals surface area contributed by atoms with Crippen molar-refractivity contribution in [1.82, 2.24) is 0 Å². The Balaban J connectivity index is 1.78. The molecule has 146 valence electrons. The summed E-state index contributed by atoms with van der Waals surface area (Å²) in [6, 6.07) is 43.6. The van der Waals surface area contributed by atoms with Crippen molar-refractivity contribution in [2.45, 2.75) is 0 Å². The van der Waals surface area contributed by atoms with Crippen LogP contribution in [0.3, 0.4) is 0 Å². The van der Waals surface area contributed by atoms with Crippen molar-refractivity contribution >= 4 is 31.5 Å². The van der Waals surface area contributed by atoms with Crippen LogP contribution in [-0.2, 0) is 0 Å². The Labute approximate surface area is 186 Å². The lowest BCUT2D eigenvalue weighted by atomic mass is 9.87. The molecule has 0 fully saturated rings. The van der Waals surface area contributed by atoms with Gasteiger partial charge in [-0.15, -0.1) is 11.3 Å². The summed E-state index contributed by atoms with van der Waals surface area (Å²) in [6.07, 6.45) is 0. The maximum atomic E-state index is 2.30. The molecule has 0 atom stereocenters. The molecule has 0 aliphatic rings. The second kappa shape index (κ2) is 7.54. The number of thiophene rings is 1. The van der Waals surface area contributed by atoms with Crippen LogP contribution in [0, 0.1) is 0 Å². The van der Waals surface area contributed by atoms with Gasteiger partial charge in [0.05, 0.1) is 0 Å². The first-order valence-electron chi connectivity index (χ1n) is 10.5. The standard InChI is InChI=1S/C30H20S/c1-3-11-21(12-4-1)23-15-7-8-16-25(23)29-24(22-13-5-2-6-14-22)19-20-28-30(29)26-17-9-10-18-27(26)31-28/h1-20H. The van der Waals surface area contributed by atoms with Crippen molar-refractivity contribution in [3.63, 3.8) is 0 Å². The van der Waals surface area contributed by atoms with Crippen molar-refractivity contribution in [1.29, 1.82) is 0 Å². The number of hydrogen-bond acceptors (Lipinski definition) is 1. The highest BCUT2D eigenvalue weighted by molar-refractivity contribution is 7.26. The Kier molecular flexibility index (Phi) is 4.40. The fraction of sp³-hybridized carbons (Fsp3) is 0. The Morgan fingerprint density at radius 3 is 1.71 bits per heavy atom. The second-order valence-electron chi connectivity index (χ2n) is 7.74. The molecule has 0 N–H and O–H groups in total. The quantitative estimate of drug-likeness (QED) is 0.272. The fourth-order valence-electron chi connectivity index (χ4n) is 4.53. The summed E-state index contributed by atoms with van der Waals surface area (Å²) in [5.41, 5.74) is 7.64. The Morgan fingerprint density at radius 1 is 0.387 bits per heavy atom. The molecule has 0 radical (unpaired) electrons. The third-order valence-corrected chi connectivity index (χ3v) is 7.05. The zero-order chi connectivity index (χ0) is 20.6. The average Bonchev–Trinajstić information content (AvgIpc) is 3.23. The van der Waals surface area contributed by atoms with Crippen LogP contribution >= 0.6 is 11.3 Å². The molecule has 1 aromatic heterocycles. The van der Waals surface area contributed by atoms with E-state index in [0.717, 1.165) is 0 Å². The van der Waals surface area contributed by atoms with Crippen LogP contribution < -0.4 is 0 Å². The molecule has 5 aromatic carbocycles. The molecule has 0 saturated heterocycles. The van der Waals surface area contributed by atoms with Crippen molar-refractivity contribution in [3.05, 3.63) is 121 Å². The first-order valence-corrected chi connectivity index (χ1v) is 11.4. The fourth-order valence-corrected chi connectivity index (χ4v) is 5.64. The molecule has 0 spiro atoms.